The fourth-order valence-corrected chi connectivity index (χ4v) is 18.7. The van der Waals surface area contributed by atoms with Gasteiger partial charge in [-0.2, -0.15) is 0 Å². The van der Waals surface area contributed by atoms with Crippen molar-refractivity contribution in [3.8, 4) is 16.8 Å². The van der Waals surface area contributed by atoms with E-state index in [1.165, 1.54) is 110 Å². The van der Waals surface area contributed by atoms with Gasteiger partial charge in [-0.15, -0.1) is 0 Å². The summed E-state index contributed by atoms with van der Waals surface area (Å²) in [6.45, 7) is 20.9. The number of nitrogens with zero attached hydrogens (tertiary/aromatic N) is 3. The summed E-state index contributed by atoms with van der Waals surface area (Å²) in [4.78, 5) is 5.25. The van der Waals surface area contributed by atoms with Crippen LogP contribution in [0.4, 0.5) is 34.1 Å². The Labute approximate surface area is 456 Å². The van der Waals surface area contributed by atoms with Crippen LogP contribution in [0.15, 0.2) is 224 Å². The third-order valence-corrected chi connectivity index (χ3v) is 22.2. The quantitative estimate of drug-likeness (QED) is 0.159. The van der Waals surface area contributed by atoms with Crippen LogP contribution in [0.5, 0.6) is 0 Å². The van der Waals surface area contributed by atoms with Crippen LogP contribution in [-0.4, -0.2) is 19.4 Å². The molecule has 0 aliphatic carbocycles. The second kappa shape index (κ2) is 16.9. The molecule has 3 aliphatic heterocycles. The average molecular weight is 1010 g/mol. The third-order valence-electron chi connectivity index (χ3n) is 17.3. The van der Waals surface area contributed by atoms with E-state index in [2.05, 4.69) is 301 Å². The molecule has 0 N–H and O–H groups in total. The van der Waals surface area contributed by atoms with Gasteiger partial charge in [0.2, 0.25) is 0 Å². The van der Waals surface area contributed by atoms with Gasteiger partial charge in [0.25, 0.3) is 6.71 Å². The fourth-order valence-electron chi connectivity index (χ4n) is 13.5. The summed E-state index contributed by atoms with van der Waals surface area (Å²) in [7, 11) is -2.90. The van der Waals surface area contributed by atoms with Crippen LogP contribution >= 0.6 is 0 Å². The third kappa shape index (κ3) is 7.09. The van der Waals surface area contributed by atoms with Crippen LogP contribution in [-0.2, 0) is 16.2 Å². The molecule has 5 heteroatoms. The maximum atomic E-state index is 2.68. The zero-order chi connectivity index (χ0) is 52.8. The second-order valence-electron chi connectivity index (χ2n) is 25.0. The highest BCUT2D eigenvalue weighted by Gasteiger charge is 2.52. The molecule has 0 spiro atoms. The predicted octanol–water partition coefficient (Wildman–Crippen LogP) is 14.1. The van der Waals surface area contributed by atoms with Crippen LogP contribution in [0.3, 0.4) is 0 Å². The molecule has 10 aromatic carbocycles. The Kier molecular flexibility index (Phi) is 10.4. The van der Waals surface area contributed by atoms with Gasteiger partial charge in [-0.05, 0) is 142 Å². The van der Waals surface area contributed by atoms with Crippen molar-refractivity contribution in [2.45, 2.75) is 78.6 Å². The number of rotatable bonds is 5. The Bertz CT molecular complexity index is 4060. The van der Waals surface area contributed by atoms with E-state index < -0.39 is 8.07 Å². The Morgan fingerprint density at radius 2 is 0.792 bits per heavy atom. The summed E-state index contributed by atoms with van der Waals surface area (Å²) in [5, 5.41) is 8.19. The predicted molar refractivity (Wildman–Crippen MR) is 334 cm³/mol. The molecule has 0 amide bonds. The van der Waals surface area contributed by atoms with E-state index in [9.17, 15) is 0 Å². The van der Waals surface area contributed by atoms with E-state index in [0.717, 1.165) is 17.1 Å². The SMILES string of the molecule is CC(C)(C)c1ccc(N2c3ccc(C(C)(C)C)cc3B3c4cc5c(cc4N(c4ccc(C(C)(C)C)cc4)c4cc(-n6c7ccccc7c7ccccc76)cc2c43)[Si](c2ccccc2)(c2ccccc2)c2ccccc2-5)cc1. The summed E-state index contributed by atoms with van der Waals surface area (Å²) < 4.78 is 2.52. The van der Waals surface area contributed by atoms with Crippen molar-refractivity contribution in [2.75, 3.05) is 9.80 Å². The van der Waals surface area contributed by atoms with E-state index in [4.69, 9.17) is 0 Å². The lowest BCUT2D eigenvalue weighted by Crippen LogP contribution is -2.73. The smallest absolute Gasteiger partial charge is 0.252 e. The molecule has 0 fully saturated rings. The number of hydrogen-bond acceptors (Lipinski definition) is 2. The second-order valence-corrected chi connectivity index (χ2v) is 28.7. The highest BCUT2D eigenvalue weighted by Crippen LogP contribution is 2.48. The van der Waals surface area contributed by atoms with Crippen molar-refractivity contribution in [2.24, 2.45) is 0 Å². The summed E-state index contributed by atoms with van der Waals surface area (Å²) >= 11 is 0. The standard InChI is InChI=1S/C72H64BN3Si/c1-70(2,3)47-32-37-50(38-33-47)74-63-41-36-49(72(7,8)9)42-59(63)73-60-45-58-57-28-18-21-31-67(57)77(53-22-12-10-13-23-53,54-24-14-11-15-25-54)68(58)46-64(60)75(51-39-34-48(35-40-51)71(4,5)6)66-44-52(43-65(74)69(66)73)76-61-29-19-16-26-55(61)56-27-17-20-30-62(56)76/h10-46H,1-9H3. The van der Waals surface area contributed by atoms with Crippen molar-refractivity contribution in [3.05, 3.63) is 241 Å². The highest BCUT2D eigenvalue weighted by atomic mass is 28.3. The molecule has 0 bridgehead atoms. The Morgan fingerprint density at radius 3 is 1.32 bits per heavy atom. The largest absolute Gasteiger partial charge is 0.311 e. The summed E-state index contributed by atoms with van der Waals surface area (Å²) in [6.07, 6.45) is 0. The van der Waals surface area contributed by atoms with Gasteiger partial charge in [-0.3, -0.25) is 0 Å². The molecular formula is C72H64BN3Si. The molecule has 0 saturated carbocycles. The minimum atomic E-state index is -2.90. The van der Waals surface area contributed by atoms with Crippen molar-refractivity contribution in [1.82, 2.24) is 4.57 Å². The van der Waals surface area contributed by atoms with Gasteiger partial charge >= 0.3 is 0 Å². The van der Waals surface area contributed by atoms with Gasteiger partial charge in [-0.1, -0.05) is 226 Å². The Balaban J connectivity index is 1.16. The Hall–Kier alpha value is -8.12. The molecule has 0 radical (unpaired) electrons. The summed E-state index contributed by atoms with van der Waals surface area (Å²) in [5.74, 6) is 0. The monoisotopic (exact) mass is 1010 g/mol. The van der Waals surface area contributed by atoms with E-state index in [0.29, 0.717) is 0 Å². The van der Waals surface area contributed by atoms with Gasteiger partial charge in [0.1, 0.15) is 0 Å². The number of para-hydroxylation sites is 2. The Morgan fingerprint density at radius 1 is 0.338 bits per heavy atom. The number of benzene rings is 10. The number of anilines is 6. The molecule has 0 unspecified atom stereocenters. The van der Waals surface area contributed by atoms with Crippen molar-refractivity contribution < 1.29 is 0 Å². The maximum absolute atomic E-state index is 2.90. The molecular weight excluding hydrogens is 946 g/mol. The van der Waals surface area contributed by atoms with Crippen LogP contribution in [0, 0.1) is 0 Å². The average Bonchev–Trinajstić information content (AvgIpc) is 4.20. The molecule has 0 saturated heterocycles. The lowest BCUT2D eigenvalue weighted by atomic mass is 9.33. The molecule has 14 rings (SSSR count). The lowest BCUT2D eigenvalue weighted by molar-refractivity contribution is 0.590. The topological polar surface area (TPSA) is 11.4 Å². The van der Waals surface area contributed by atoms with E-state index in [-0.39, 0.29) is 23.0 Å². The molecule has 1 aromatic heterocycles. The zero-order valence-corrected chi connectivity index (χ0v) is 46.8. The summed E-state index contributed by atoms with van der Waals surface area (Å²) in [6, 6.07) is 86.9. The normalized spacial score (nSPS) is 14.3. The first kappa shape index (κ1) is 47.3. The van der Waals surface area contributed by atoms with Gasteiger partial charge in [0, 0.05) is 44.9 Å². The number of fused-ring (bicyclic) bond motifs is 10. The molecule has 3 aliphatic rings. The molecule has 11 aromatic rings. The van der Waals surface area contributed by atoms with Crippen LogP contribution in [0.2, 0.25) is 0 Å². The number of hydrogen-bond donors (Lipinski definition) is 0. The zero-order valence-electron chi connectivity index (χ0n) is 45.8. The fraction of sp³-hybridized carbons (Fsp3) is 0.167. The number of aromatic nitrogens is 1. The molecule has 4 heterocycles. The van der Waals surface area contributed by atoms with E-state index in [1.54, 1.807) is 0 Å². The van der Waals surface area contributed by atoms with Crippen LogP contribution in [0.25, 0.3) is 38.6 Å². The summed E-state index contributed by atoms with van der Waals surface area (Å²) in [5.41, 5.74) is 21.2. The van der Waals surface area contributed by atoms with Gasteiger partial charge in [0.15, 0.2) is 8.07 Å². The lowest BCUT2D eigenvalue weighted by Gasteiger charge is -2.45. The molecule has 77 heavy (non-hydrogen) atoms. The van der Waals surface area contributed by atoms with Gasteiger partial charge in [-0.25, -0.2) is 0 Å². The van der Waals surface area contributed by atoms with Crippen molar-refractivity contribution in [1.29, 1.82) is 0 Å². The van der Waals surface area contributed by atoms with E-state index >= 15 is 0 Å². The van der Waals surface area contributed by atoms with Crippen LogP contribution in [0.1, 0.15) is 79.0 Å². The first-order chi connectivity index (χ1) is 37.1. The molecule has 0 atom stereocenters. The van der Waals surface area contributed by atoms with E-state index in [1.807, 2.05) is 0 Å². The molecule has 3 nitrogen and oxygen atoms in total. The van der Waals surface area contributed by atoms with Gasteiger partial charge in [0.05, 0.1) is 16.7 Å². The molecule has 374 valence electrons. The van der Waals surface area contributed by atoms with Crippen molar-refractivity contribution >= 4 is 108 Å². The first-order valence-corrected chi connectivity index (χ1v) is 29.6. The minimum Gasteiger partial charge on any atom is -0.311 e. The first-order valence-electron chi connectivity index (χ1n) is 27.6. The maximum Gasteiger partial charge on any atom is 0.252 e. The minimum absolute atomic E-state index is 0.00769. The highest BCUT2D eigenvalue weighted by molar-refractivity contribution is 7.22. The van der Waals surface area contributed by atoms with Crippen LogP contribution < -0.4 is 46.9 Å². The van der Waals surface area contributed by atoms with Crippen molar-refractivity contribution in [3.63, 3.8) is 0 Å². The van der Waals surface area contributed by atoms with Gasteiger partial charge < -0.3 is 14.4 Å².